The average Bonchev–Trinajstić information content (AvgIpc) is 2.82. The summed E-state index contributed by atoms with van der Waals surface area (Å²) in [7, 11) is 0. The summed E-state index contributed by atoms with van der Waals surface area (Å²) in [5.41, 5.74) is 1.94. The first-order valence-corrected chi connectivity index (χ1v) is 7.16. The van der Waals surface area contributed by atoms with Crippen molar-refractivity contribution in [1.29, 1.82) is 0 Å². The normalized spacial score (nSPS) is 12.6. The van der Waals surface area contributed by atoms with E-state index in [0.717, 1.165) is 28.8 Å². The molecule has 0 saturated carbocycles. The molecule has 1 heterocycles. The molecule has 5 heteroatoms. The van der Waals surface area contributed by atoms with Gasteiger partial charge in [0.1, 0.15) is 5.82 Å². The molecule has 0 amide bonds. The zero-order chi connectivity index (χ0) is 13.8. The van der Waals surface area contributed by atoms with Crippen molar-refractivity contribution >= 4 is 15.9 Å². The molecular weight excluding hydrogens is 309 g/mol. The summed E-state index contributed by atoms with van der Waals surface area (Å²) in [4.78, 5) is 0. The molecule has 1 atom stereocenters. The molecule has 0 saturated heterocycles. The highest BCUT2D eigenvalue weighted by molar-refractivity contribution is 9.10. The van der Waals surface area contributed by atoms with Crippen LogP contribution >= 0.6 is 15.9 Å². The van der Waals surface area contributed by atoms with Crippen molar-refractivity contribution in [3.8, 4) is 0 Å². The zero-order valence-corrected chi connectivity index (χ0v) is 12.6. The Morgan fingerprint density at radius 1 is 1.37 bits per heavy atom. The van der Waals surface area contributed by atoms with Gasteiger partial charge in [0.05, 0.1) is 11.7 Å². The van der Waals surface area contributed by atoms with E-state index in [9.17, 15) is 4.39 Å². The van der Waals surface area contributed by atoms with Crippen LogP contribution in [-0.4, -0.2) is 16.3 Å². The van der Waals surface area contributed by atoms with Crippen molar-refractivity contribution < 1.29 is 4.39 Å². The Morgan fingerprint density at radius 3 is 2.79 bits per heavy atom. The highest BCUT2D eigenvalue weighted by atomic mass is 79.9. The number of nitrogens with one attached hydrogen (secondary N) is 1. The quantitative estimate of drug-likeness (QED) is 0.911. The lowest BCUT2D eigenvalue weighted by Crippen LogP contribution is -2.25. The molecule has 0 bridgehead atoms. The van der Waals surface area contributed by atoms with E-state index in [1.54, 1.807) is 12.3 Å². The molecule has 19 heavy (non-hydrogen) atoms. The molecule has 1 unspecified atom stereocenters. The van der Waals surface area contributed by atoms with E-state index in [4.69, 9.17) is 0 Å². The van der Waals surface area contributed by atoms with Gasteiger partial charge in [0.2, 0.25) is 0 Å². The third-order valence-electron chi connectivity index (χ3n) is 2.97. The third kappa shape index (κ3) is 3.22. The fraction of sp³-hybridized carbons (Fsp3) is 0.357. The van der Waals surface area contributed by atoms with Crippen LogP contribution in [0.1, 0.15) is 31.1 Å². The third-order valence-corrected chi connectivity index (χ3v) is 3.43. The lowest BCUT2D eigenvalue weighted by molar-refractivity contribution is 0.538. The monoisotopic (exact) mass is 325 g/mol. The maximum atomic E-state index is 13.6. The largest absolute Gasteiger partial charge is 0.305 e. The summed E-state index contributed by atoms with van der Waals surface area (Å²) < 4.78 is 16.2. The van der Waals surface area contributed by atoms with Gasteiger partial charge < -0.3 is 5.32 Å². The predicted octanol–water partition coefficient (Wildman–Crippen LogP) is 3.50. The lowest BCUT2D eigenvalue weighted by Gasteiger charge is -2.20. The van der Waals surface area contributed by atoms with Gasteiger partial charge in [0.25, 0.3) is 0 Å². The van der Waals surface area contributed by atoms with Gasteiger partial charge in [-0.05, 0) is 43.3 Å². The Balaban J connectivity index is 2.45. The van der Waals surface area contributed by atoms with Gasteiger partial charge in [-0.3, -0.25) is 4.68 Å². The minimum absolute atomic E-state index is 0.0561. The number of benzene rings is 1. The van der Waals surface area contributed by atoms with Gasteiger partial charge >= 0.3 is 0 Å². The summed E-state index contributed by atoms with van der Waals surface area (Å²) in [5.74, 6) is -0.241. The standard InChI is InChI=1S/C14H17BrFN3/c1-3-17-14(13-5-6-18-19(13)4-2)10-7-11(15)9-12(16)8-10/h5-9,14,17H,3-4H2,1-2H3. The first-order chi connectivity index (χ1) is 9.15. The van der Waals surface area contributed by atoms with Crippen molar-refractivity contribution in [2.75, 3.05) is 6.54 Å². The molecule has 1 aromatic heterocycles. The van der Waals surface area contributed by atoms with E-state index in [1.807, 2.05) is 30.7 Å². The molecule has 1 N–H and O–H groups in total. The summed E-state index contributed by atoms with van der Waals surface area (Å²) in [6, 6.07) is 6.87. The summed E-state index contributed by atoms with van der Waals surface area (Å²) >= 11 is 3.34. The molecule has 0 aliphatic rings. The maximum Gasteiger partial charge on any atom is 0.124 e. The van der Waals surface area contributed by atoms with E-state index in [0.29, 0.717) is 0 Å². The number of hydrogen-bond donors (Lipinski definition) is 1. The van der Waals surface area contributed by atoms with Crippen molar-refractivity contribution in [2.24, 2.45) is 0 Å². The van der Waals surface area contributed by atoms with Gasteiger partial charge in [-0.2, -0.15) is 5.10 Å². The van der Waals surface area contributed by atoms with E-state index < -0.39 is 0 Å². The second-order valence-corrected chi connectivity index (χ2v) is 5.18. The highest BCUT2D eigenvalue weighted by Gasteiger charge is 2.18. The minimum Gasteiger partial charge on any atom is -0.305 e. The molecule has 0 spiro atoms. The molecule has 0 fully saturated rings. The van der Waals surface area contributed by atoms with Crippen LogP contribution in [0, 0.1) is 5.82 Å². The Hall–Kier alpha value is -1.20. The van der Waals surface area contributed by atoms with Crippen molar-refractivity contribution in [3.63, 3.8) is 0 Å². The maximum absolute atomic E-state index is 13.6. The Labute approximate surface area is 121 Å². The van der Waals surface area contributed by atoms with Crippen LogP contribution in [0.3, 0.4) is 0 Å². The first-order valence-electron chi connectivity index (χ1n) is 6.36. The van der Waals surface area contributed by atoms with Crippen molar-refractivity contribution in [2.45, 2.75) is 26.4 Å². The van der Waals surface area contributed by atoms with Crippen molar-refractivity contribution in [3.05, 3.63) is 52.0 Å². The van der Waals surface area contributed by atoms with Gasteiger partial charge in [0.15, 0.2) is 0 Å². The Kier molecular flexibility index (Phi) is 4.71. The number of hydrogen-bond acceptors (Lipinski definition) is 2. The molecule has 2 rings (SSSR count). The Bertz CT molecular complexity index is 533. The summed E-state index contributed by atoms with van der Waals surface area (Å²) in [5, 5.41) is 7.66. The van der Waals surface area contributed by atoms with Crippen LogP contribution in [0.2, 0.25) is 0 Å². The summed E-state index contributed by atoms with van der Waals surface area (Å²) in [6.07, 6.45) is 1.78. The summed E-state index contributed by atoms with van der Waals surface area (Å²) in [6.45, 7) is 5.67. The minimum atomic E-state index is -0.241. The fourth-order valence-corrected chi connectivity index (χ4v) is 2.67. The molecule has 1 aromatic carbocycles. The molecular formula is C14H17BrFN3. The smallest absolute Gasteiger partial charge is 0.124 e. The van der Waals surface area contributed by atoms with Crippen LogP contribution in [0.5, 0.6) is 0 Å². The number of aryl methyl sites for hydroxylation is 1. The second-order valence-electron chi connectivity index (χ2n) is 4.27. The fourth-order valence-electron chi connectivity index (χ4n) is 2.19. The van der Waals surface area contributed by atoms with Gasteiger partial charge in [-0.25, -0.2) is 4.39 Å². The van der Waals surface area contributed by atoms with Gasteiger partial charge in [0, 0.05) is 17.2 Å². The number of aromatic nitrogens is 2. The second kappa shape index (κ2) is 6.30. The topological polar surface area (TPSA) is 29.9 Å². The number of halogens is 2. The van der Waals surface area contributed by atoms with E-state index in [2.05, 4.69) is 26.3 Å². The van der Waals surface area contributed by atoms with Crippen LogP contribution < -0.4 is 5.32 Å². The SMILES string of the molecule is CCNC(c1cc(F)cc(Br)c1)c1ccnn1CC. The van der Waals surface area contributed by atoms with Crippen LogP contribution in [0.4, 0.5) is 4.39 Å². The van der Waals surface area contributed by atoms with Crippen LogP contribution in [0.15, 0.2) is 34.9 Å². The van der Waals surface area contributed by atoms with E-state index >= 15 is 0 Å². The average molecular weight is 326 g/mol. The lowest BCUT2D eigenvalue weighted by atomic mass is 10.0. The molecule has 102 valence electrons. The molecule has 0 aliphatic heterocycles. The molecule has 3 nitrogen and oxygen atoms in total. The first kappa shape index (κ1) is 14.2. The van der Waals surface area contributed by atoms with Gasteiger partial charge in [-0.15, -0.1) is 0 Å². The zero-order valence-electron chi connectivity index (χ0n) is 11.0. The Morgan fingerprint density at radius 2 is 2.16 bits per heavy atom. The van der Waals surface area contributed by atoms with Crippen LogP contribution in [-0.2, 0) is 6.54 Å². The highest BCUT2D eigenvalue weighted by Crippen LogP contribution is 2.25. The molecule has 2 aromatic rings. The van der Waals surface area contributed by atoms with Gasteiger partial charge in [-0.1, -0.05) is 22.9 Å². The van der Waals surface area contributed by atoms with E-state index in [1.165, 1.54) is 6.07 Å². The van der Waals surface area contributed by atoms with Crippen LogP contribution in [0.25, 0.3) is 0 Å². The van der Waals surface area contributed by atoms with E-state index in [-0.39, 0.29) is 11.9 Å². The number of rotatable bonds is 5. The molecule has 0 radical (unpaired) electrons. The molecule has 0 aliphatic carbocycles. The number of nitrogens with zero attached hydrogens (tertiary/aromatic N) is 2. The predicted molar refractivity (Wildman–Crippen MR) is 77.5 cm³/mol. The van der Waals surface area contributed by atoms with Crippen molar-refractivity contribution in [1.82, 2.24) is 15.1 Å².